The molecule has 19 heavy (non-hydrogen) atoms. The SMILES string of the molecule is OC(CNCc1ccc(F)c(C(F)(F)F)c1)C1CC1. The van der Waals surface area contributed by atoms with Crippen LogP contribution in [0.2, 0.25) is 0 Å². The fraction of sp³-hybridized carbons (Fsp3) is 0.538. The van der Waals surface area contributed by atoms with E-state index < -0.39 is 23.7 Å². The van der Waals surface area contributed by atoms with E-state index in [0.717, 1.165) is 25.0 Å². The highest BCUT2D eigenvalue weighted by molar-refractivity contribution is 5.27. The van der Waals surface area contributed by atoms with E-state index in [-0.39, 0.29) is 6.54 Å². The number of halogens is 4. The first kappa shape index (κ1) is 14.3. The molecule has 0 aromatic heterocycles. The van der Waals surface area contributed by atoms with E-state index >= 15 is 0 Å². The van der Waals surface area contributed by atoms with E-state index in [9.17, 15) is 22.7 Å². The van der Waals surface area contributed by atoms with Crippen LogP contribution in [0.25, 0.3) is 0 Å². The Bertz CT molecular complexity index is 443. The van der Waals surface area contributed by atoms with Crippen LogP contribution in [0.3, 0.4) is 0 Å². The quantitative estimate of drug-likeness (QED) is 0.811. The topological polar surface area (TPSA) is 32.3 Å². The van der Waals surface area contributed by atoms with Crippen molar-refractivity contribution in [2.45, 2.75) is 31.7 Å². The smallest absolute Gasteiger partial charge is 0.392 e. The summed E-state index contributed by atoms with van der Waals surface area (Å²) < 4.78 is 50.5. The molecule has 2 rings (SSSR count). The van der Waals surface area contributed by atoms with Crippen LogP contribution < -0.4 is 5.32 Å². The Hall–Kier alpha value is -1.14. The van der Waals surface area contributed by atoms with Gasteiger partial charge in [0.1, 0.15) is 5.82 Å². The van der Waals surface area contributed by atoms with Gasteiger partial charge in [0.05, 0.1) is 11.7 Å². The van der Waals surface area contributed by atoms with Crippen LogP contribution in [-0.4, -0.2) is 17.8 Å². The van der Waals surface area contributed by atoms with Crippen LogP contribution >= 0.6 is 0 Å². The van der Waals surface area contributed by atoms with Gasteiger partial charge in [-0.3, -0.25) is 0 Å². The van der Waals surface area contributed by atoms with Crippen molar-refractivity contribution in [3.8, 4) is 0 Å². The zero-order valence-corrected chi connectivity index (χ0v) is 10.2. The molecule has 1 aliphatic carbocycles. The monoisotopic (exact) mass is 277 g/mol. The van der Waals surface area contributed by atoms with Crippen molar-refractivity contribution in [1.29, 1.82) is 0 Å². The Kier molecular flexibility index (Phi) is 4.10. The molecular weight excluding hydrogens is 262 g/mol. The summed E-state index contributed by atoms with van der Waals surface area (Å²) in [4.78, 5) is 0. The summed E-state index contributed by atoms with van der Waals surface area (Å²) in [6, 6.07) is 2.92. The Morgan fingerprint density at radius 3 is 2.58 bits per heavy atom. The Labute approximate surface area is 108 Å². The lowest BCUT2D eigenvalue weighted by atomic mass is 10.1. The average molecular weight is 277 g/mol. The van der Waals surface area contributed by atoms with E-state index in [0.29, 0.717) is 18.0 Å². The highest BCUT2D eigenvalue weighted by atomic mass is 19.4. The van der Waals surface area contributed by atoms with Crippen LogP contribution in [0.15, 0.2) is 18.2 Å². The maximum Gasteiger partial charge on any atom is 0.419 e. The summed E-state index contributed by atoms with van der Waals surface area (Å²) in [6.07, 6.45) is -3.15. The lowest BCUT2D eigenvalue weighted by molar-refractivity contribution is -0.140. The number of nitrogens with one attached hydrogen (secondary N) is 1. The molecule has 6 heteroatoms. The predicted molar refractivity (Wildman–Crippen MR) is 61.8 cm³/mol. The molecule has 0 aliphatic heterocycles. The maximum absolute atomic E-state index is 13.0. The summed E-state index contributed by atoms with van der Waals surface area (Å²) in [6.45, 7) is 0.510. The first-order valence-corrected chi connectivity index (χ1v) is 6.12. The zero-order valence-electron chi connectivity index (χ0n) is 10.2. The van der Waals surface area contributed by atoms with Gasteiger partial charge in [0.2, 0.25) is 0 Å². The highest BCUT2D eigenvalue weighted by Crippen LogP contribution is 2.33. The van der Waals surface area contributed by atoms with E-state index in [4.69, 9.17) is 0 Å². The summed E-state index contributed by atoms with van der Waals surface area (Å²) >= 11 is 0. The van der Waals surface area contributed by atoms with Crippen LogP contribution in [0.4, 0.5) is 17.6 Å². The third-order valence-electron chi connectivity index (χ3n) is 3.18. The number of alkyl halides is 3. The molecule has 1 saturated carbocycles. The van der Waals surface area contributed by atoms with Crippen LogP contribution in [0, 0.1) is 11.7 Å². The van der Waals surface area contributed by atoms with Crippen LogP contribution in [0.5, 0.6) is 0 Å². The van der Waals surface area contributed by atoms with Gasteiger partial charge in [0, 0.05) is 13.1 Å². The second-order valence-electron chi connectivity index (χ2n) is 4.85. The van der Waals surface area contributed by atoms with Gasteiger partial charge in [0.15, 0.2) is 0 Å². The minimum atomic E-state index is -4.69. The lowest BCUT2D eigenvalue weighted by Crippen LogP contribution is -2.28. The molecule has 106 valence electrons. The fourth-order valence-corrected chi connectivity index (χ4v) is 1.91. The van der Waals surface area contributed by atoms with Gasteiger partial charge in [-0.2, -0.15) is 13.2 Å². The van der Waals surface area contributed by atoms with Crippen molar-refractivity contribution in [3.63, 3.8) is 0 Å². The molecule has 0 amide bonds. The third-order valence-corrected chi connectivity index (χ3v) is 3.18. The van der Waals surface area contributed by atoms with Crippen molar-refractivity contribution in [2.24, 2.45) is 5.92 Å². The number of hydrogen-bond donors (Lipinski definition) is 2. The van der Waals surface area contributed by atoms with Gasteiger partial charge in [-0.05, 0) is 36.5 Å². The lowest BCUT2D eigenvalue weighted by Gasteiger charge is -2.12. The number of hydrogen-bond acceptors (Lipinski definition) is 2. The fourth-order valence-electron chi connectivity index (χ4n) is 1.91. The largest absolute Gasteiger partial charge is 0.419 e. The average Bonchev–Trinajstić information content (AvgIpc) is 3.13. The van der Waals surface area contributed by atoms with E-state index in [1.54, 1.807) is 0 Å². The molecule has 0 bridgehead atoms. The molecule has 1 unspecified atom stereocenters. The van der Waals surface area contributed by atoms with Gasteiger partial charge in [-0.1, -0.05) is 6.07 Å². The summed E-state index contributed by atoms with van der Waals surface area (Å²) in [5.41, 5.74) is -0.911. The zero-order chi connectivity index (χ0) is 14.0. The first-order chi connectivity index (χ1) is 8.88. The molecule has 0 radical (unpaired) electrons. The van der Waals surface area contributed by atoms with Gasteiger partial charge >= 0.3 is 6.18 Å². The van der Waals surface area contributed by atoms with Gasteiger partial charge in [0.25, 0.3) is 0 Å². The second kappa shape index (κ2) is 5.46. The Balaban J connectivity index is 1.93. The molecule has 0 heterocycles. The molecule has 0 spiro atoms. The molecule has 1 aromatic carbocycles. The number of rotatable bonds is 5. The number of benzene rings is 1. The number of aliphatic hydroxyl groups is 1. The minimum Gasteiger partial charge on any atom is -0.392 e. The van der Waals surface area contributed by atoms with Crippen molar-refractivity contribution < 1.29 is 22.7 Å². The molecule has 0 saturated heterocycles. The normalized spacial score (nSPS) is 17.5. The molecular formula is C13H15F4NO. The summed E-state index contributed by atoms with van der Waals surface area (Å²) in [5.74, 6) is -0.958. The molecule has 1 aliphatic rings. The Morgan fingerprint density at radius 1 is 1.32 bits per heavy atom. The first-order valence-electron chi connectivity index (χ1n) is 6.12. The van der Waals surface area contributed by atoms with Gasteiger partial charge in [-0.15, -0.1) is 0 Å². The molecule has 1 aromatic rings. The van der Waals surface area contributed by atoms with E-state index in [1.165, 1.54) is 6.07 Å². The van der Waals surface area contributed by atoms with Crippen LogP contribution in [0.1, 0.15) is 24.0 Å². The Morgan fingerprint density at radius 2 is 2.00 bits per heavy atom. The second-order valence-corrected chi connectivity index (χ2v) is 4.85. The minimum absolute atomic E-state index is 0.174. The standard InChI is InChI=1S/C13H15F4NO/c14-11-4-1-8(5-10(11)13(15,16)17)6-18-7-12(19)9-2-3-9/h1,4-5,9,12,18-19H,2-3,6-7H2. The molecule has 1 fully saturated rings. The van der Waals surface area contributed by atoms with Gasteiger partial charge < -0.3 is 10.4 Å². The summed E-state index contributed by atoms with van der Waals surface area (Å²) in [7, 11) is 0. The summed E-state index contributed by atoms with van der Waals surface area (Å²) in [5, 5.41) is 12.5. The molecule has 1 atom stereocenters. The van der Waals surface area contributed by atoms with E-state index in [2.05, 4.69) is 5.32 Å². The van der Waals surface area contributed by atoms with Crippen molar-refractivity contribution in [3.05, 3.63) is 35.1 Å². The van der Waals surface area contributed by atoms with E-state index in [1.807, 2.05) is 0 Å². The maximum atomic E-state index is 13.0. The highest BCUT2D eigenvalue weighted by Gasteiger charge is 2.34. The third kappa shape index (κ3) is 3.91. The molecule has 2 N–H and O–H groups in total. The number of aliphatic hydroxyl groups excluding tert-OH is 1. The molecule has 2 nitrogen and oxygen atoms in total. The van der Waals surface area contributed by atoms with Crippen LogP contribution in [-0.2, 0) is 12.7 Å². The van der Waals surface area contributed by atoms with Crippen molar-refractivity contribution >= 4 is 0 Å². The predicted octanol–water partition coefficient (Wildman–Crippen LogP) is 2.71. The van der Waals surface area contributed by atoms with Crippen molar-refractivity contribution in [1.82, 2.24) is 5.32 Å². The van der Waals surface area contributed by atoms with Crippen molar-refractivity contribution in [2.75, 3.05) is 6.54 Å². The van der Waals surface area contributed by atoms with Gasteiger partial charge in [-0.25, -0.2) is 4.39 Å².